The maximum Gasteiger partial charge on any atom is 0.129 e. The number of rotatable bonds is 4. The number of halogens is 2. The maximum absolute atomic E-state index is 13.9. The van der Waals surface area contributed by atoms with E-state index in [4.69, 9.17) is 10.5 Å². The molecule has 0 aliphatic rings. The first kappa shape index (κ1) is 14.0. The van der Waals surface area contributed by atoms with Gasteiger partial charge in [-0.2, -0.15) is 0 Å². The minimum atomic E-state index is -0.483. The summed E-state index contributed by atoms with van der Waals surface area (Å²) < 4.78 is 19.9. The fourth-order valence-corrected chi connectivity index (χ4v) is 2.20. The van der Waals surface area contributed by atoms with Gasteiger partial charge < -0.3 is 10.5 Å². The summed E-state index contributed by atoms with van der Waals surface area (Å²) in [4.78, 5) is 0. The van der Waals surface area contributed by atoms with Crippen molar-refractivity contribution in [1.29, 1.82) is 0 Å². The Balaban J connectivity index is 2.25. The highest BCUT2D eigenvalue weighted by molar-refractivity contribution is 9.10. The first-order valence-electron chi connectivity index (χ1n) is 6.05. The van der Waals surface area contributed by atoms with E-state index in [1.54, 1.807) is 12.1 Å². The third-order valence-electron chi connectivity index (χ3n) is 2.85. The number of nitrogens with two attached hydrogens (primary N) is 1. The lowest BCUT2D eigenvalue weighted by molar-refractivity contribution is 0.340. The molecular formula is C15H15BrFNO. The number of hydrogen-bond acceptors (Lipinski definition) is 2. The highest BCUT2D eigenvalue weighted by atomic mass is 79.9. The number of ether oxygens (including phenoxy) is 1. The molecule has 100 valence electrons. The topological polar surface area (TPSA) is 35.2 Å². The molecule has 0 spiro atoms. The van der Waals surface area contributed by atoms with E-state index in [0.29, 0.717) is 16.6 Å². The fourth-order valence-electron chi connectivity index (χ4n) is 1.87. The van der Waals surface area contributed by atoms with Crippen LogP contribution in [-0.2, 0) is 0 Å². The second kappa shape index (κ2) is 6.17. The van der Waals surface area contributed by atoms with Crippen LogP contribution in [0, 0.1) is 5.82 Å². The van der Waals surface area contributed by atoms with Gasteiger partial charge in [-0.3, -0.25) is 0 Å². The molecule has 0 aliphatic carbocycles. The van der Waals surface area contributed by atoms with Gasteiger partial charge in [0, 0.05) is 10.0 Å². The van der Waals surface area contributed by atoms with E-state index in [-0.39, 0.29) is 5.82 Å². The fraction of sp³-hybridized carbons (Fsp3) is 0.200. The summed E-state index contributed by atoms with van der Waals surface area (Å²) >= 11 is 3.23. The summed E-state index contributed by atoms with van der Waals surface area (Å²) in [5.74, 6) is 0.477. The Morgan fingerprint density at radius 3 is 2.47 bits per heavy atom. The van der Waals surface area contributed by atoms with Crippen LogP contribution in [0.25, 0.3) is 0 Å². The Labute approximate surface area is 120 Å². The predicted molar refractivity (Wildman–Crippen MR) is 77.7 cm³/mol. The zero-order chi connectivity index (χ0) is 13.8. The smallest absolute Gasteiger partial charge is 0.129 e. The second-order valence-corrected chi connectivity index (χ2v) is 5.06. The van der Waals surface area contributed by atoms with E-state index in [1.165, 1.54) is 6.07 Å². The van der Waals surface area contributed by atoms with Crippen molar-refractivity contribution in [3.8, 4) is 5.75 Å². The Morgan fingerprint density at radius 1 is 1.21 bits per heavy atom. The van der Waals surface area contributed by atoms with E-state index in [1.807, 2.05) is 31.2 Å². The van der Waals surface area contributed by atoms with Crippen molar-refractivity contribution in [3.63, 3.8) is 0 Å². The van der Waals surface area contributed by atoms with Crippen LogP contribution in [0.1, 0.15) is 24.1 Å². The monoisotopic (exact) mass is 323 g/mol. The van der Waals surface area contributed by atoms with Gasteiger partial charge in [0.15, 0.2) is 0 Å². The van der Waals surface area contributed by atoms with E-state index < -0.39 is 6.04 Å². The summed E-state index contributed by atoms with van der Waals surface area (Å²) in [6, 6.07) is 11.8. The van der Waals surface area contributed by atoms with Gasteiger partial charge in [-0.25, -0.2) is 4.39 Å². The molecule has 0 bridgehead atoms. The second-order valence-electron chi connectivity index (χ2n) is 4.15. The number of benzene rings is 2. The molecule has 0 heterocycles. The lowest BCUT2D eigenvalue weighted by Gasteiger charge is -2.14. The van der Waals surface area contributed by atoms with Crippen LogP contribution in [0.3, 0.4) is 0 Å². The molecule has 2 rings (SSSR count). The van der Waals surface area contributed by atoms with Gasteiger partial charge in [0.2, 0.25) is 0 Å². The summed E-state index contributed by atoms with van der Waals surface area (Å²) in [7, 11) is 0. The van der Waals surface area contributed by atoms with Gasteiger partial charge in [0.1, 0.15) is 11.6 Å². The van der Waals surface area contributed by atoms with Gasteiger partial charge in [-0.15, -0.1) is 0 Å². The molecule has 0 radical (unpaired) electrons. The van der Waals surface area contributed by atoms with Gasteiger partial charge >= 0.3 is 0 Å². The minimum Gasteiger partial charge on any atom is -0.494 e. The van der Waals surface area contributed by atoms with Crippen molar-refractivity contribution in [2.24, 2.45) is 5.73 Å². The maximum atomic E-state index is 13.9. The highest BCUT2D eigenvalue weighted by Crippen LogP contribution is 2.26. The molecule has 0 fully saturated rings. The van der Waals surface area contributed by atoms with Crippen molar-refractivity contribution < 1.29 is 9.13 Å². The third kappa shape index (κ3) is 3.33. The molecule has 2 nitrogen and oxygen atoms in total. The Hall–Kier alpha value is -1.39. The molecule has 0 aliphatic heterocycles. The lowest BCUT2D eigenvalue weighted by Crippen LogP contribution is -2.13. The summed E-state index contributed by atoms with van der Waals surface area (Å²) in [6.45, 7) is 2.55. The Morgan fingerprint density at radius 2 is 1.89 bits per heavy atom. The minimum absolute atomic E-state index is 0.309. The Kier molecular flexibility index (Phi) is 4.56. The quantitative estimate of drug-likeness (QED) is 0.921. The molecule has 0 aromatic heterocycles. The average molecular weight is 324 g/mol. The summed E-state index contributed by atoms with van der Waals surface area (Å²) in [5.41, 5.74) is 7.43. The SMILES string of the molecule is CCOc1ccc(C(N)c2ccc(Br)cc2F)cc1. The van der Waals surface area contributed by atoms with Crippen molar-refractivity contribution in [2.45, 2.75) is 13.0 Å². The van der Waals surface area contributed by atoms with Crippen molar-refractivity contribution in [2.75, 3.05) is 6.61 Å². The molecule has 2 aromatic rings. The molecule has 2 aromatic carbocycles. The molecule has 19 heavy (non-hydrogen) atoms. The predicted octanol–water partition coefficient (Wildman–Crippen LogP) is 4.04. The normalized spacial score (nSPS) is 12.2. The van der Waals surface area contributed by atoms with Crippen LogP contribution >= 0.6 is 15.9 Å². The van der Waals surface area contributed by atoms with Gasteiger partial charge in [-0.05, 0) is 36.8 Å². The van der Waals surface area contributed by atoms with Gasteiger partial charge in [-0.1, -0.05) is 34.1 Å². The van der Waals surface area contributed by atoms with E-state index in [9.17, 15) is 4.39 Å². The highest BCUT2D eigenvalue weighted by Gasteiger charge is 2.13. The molecule has 0 saturated carbocycles. The largest absolute Gasteiger partial charge is 0.494 e. The zero-order valence-electron chi connectivity index (χ0n) is 10.6. The molecule has 1 atom stereocenters. The first-order chi connectivity index (χ1) is 9.11. The summed E-state index contributed by atoms with van der Waals surface area (Å²) in [5, 5.41) is 0. The van der Waals surface area contributed by atoms with Gasteiger partial charge in [0.05, 0.1) is 12.6 Å². The van der Waals surface area contributed by atoms with Crippen molar-refractivity contribution in [1.82, 2.24) is 0 Å². The zero-order valence-corrected chi connectivity index (χ0v) is 12.2. The van der Waals surface area contributed by atoms with Crippen LogP contribution in [0.5, 0.6) is 5.75 Å². The van der Waals surface area contributed by atoms with Crippen molar-refractivity contribution in [3.05, 3.63) is 63.9 Å². The van der Waals surface area contributed by atoms with Crippen LogP contribution in [0.4, 0.5) is 4.39 Å². The molecule has 0 amide bonds. The first-order valence-corrected chi connectivity index (χ1v) is 6.84. The van der Waals surface area contributed by atoms with E-state index in [2.05, 4.69) is 15.9 Å². The van der Waals surface area contributed by atoms with Crippen LogP contribution in [0.2, 0.25) is 0 Å². The van der Waals surface area contributed by atoms with Crippen LogP contribution in [-0.4, -0.2) is 6.61 Å². The van der Waals surface area contributed by atoms with Crippen molar-refractivity contribution >= 4 is 15.9 Å². The van der Waals surface area contributed by atoms with Gasteiger partial charge in [0.25, 0.3) is 0 Å². The van der Waals surface area contributed by atoms with Crippen LogP contribution in [0.15, 0.2) is 46.9 Å². The average Bonchev–Trinajstić information content (AvgIpc) is 2.39. The lowest BCUT2D eigenvalue weighted by atomic mass is 9.99. The van der Waals surface area contributed by atoms with E-state index >= 15 is 0 Å². The van der Waals surface area contributed by atoms with E-state index in [0.717, 1.165) is 11.3 Å². The Bertz CT molecular complexity index is 557. The molecule has 1 unspecified atom stereocenters. The molecular weight excluding hydrogens is 309 g/mol. The molecule has 2 N–H and O–H groups in total. The molecule has 0 saturated heterocycles. The van der Waals surface area contributed by atoms with Crippen LogP contribution < -0.4 is 10.5 Å². The number of hydrogen-bond donors (Lipinski definition) is 1. The summed E-state index contributed by atoms with van der Waals surface area (Å²) in [6.07, 6.45) is 0. The third-order valence-corrected chi connectivity index (χ3v) is 3.34. The standard InChI is InChI=1S/C15H15BrFNO/c1-2-19-12-6-3-10(4-7-12)15(18)13-8-5-11(16)9-14(13)17/h3-9,15H,2,18H2,1H3. The molecule has 4 heteroatoms.